The normalized spacial score (nSPS) is 10.5. The van der Waals surface area contributed by atoms with E-state index in [4.69, 9.17) is 5.11 Å². The highest BCUT2D eigenvalue weighted by Crippen LogP contribution is 2.11. The monoisotopic (exact) mass is 291 g/mol. The molecule has 1 N–H and O–H groups in total. The Hall–Kier alpha value is -2.17. The van der Waals surface area contributed by atoms with Gasteiger partial charge in [0.15, 0.2) is 5.78 Å². The lowest BCUT2D eigenvalue weighted by atomic mass is 10.1. The van der Waals surface area contributed by atoms with Crippen LogP contribution in [0.5, 0.6) is 0 Å². The van der Waals surface area contributed by atoms with Crippen molar-refractivity contribution in [2.75, 3.05) is 13.1 Å². The highest BCUT2D eigenvalue weighted by atomic mass is 16.4. The number of carboxylic acids is 1. The van der Waals surface area contributed by atoms with E-state index in [1.165, 1.54) is 6.92 Å². The average molecular weight is 291 g/mol. The van der Waals surface area contributed by atoms with Gasteiger partial charge in [0.05, 0.1) is 6.42 Å². The molecule has 114 valence electrons. The minimum absolute atomic E-state index is 0.0566. The van der Waals surface area contributed by atoms with Crippen LogP contribution in [0.25, 0.3) is 0 Å². The van der Waals surface area contributed by atoms with Gasteiger partial charge < -0.3 is 10.0 Å². The van der Waals surface area contributed by atoms with Crippen molar-refractivity contribution in [1.82, 2.24) is 4.90 Å². The zero-order valence-corrected chi connectivity index (χ0v) is 12.6. The second kappa shape index (κ2) is 7.57. The SMILES string of the molecule is CC(=O)c1ccc(C(=O)N(CCC(=O)O)CC(C)C)cc1. The Morgan fingerprint density at radius 1 is 1.10 bits per heavy atom. The van der Waals surface area contributed by atoms with Crippen LogP contribution in [0.2, 0.25) is 0 Å². The molecule has 5 nitrogen and oxygen atoms in total. The smallest absolute Gasteiger partial charge is 0.305 e. The van der Waals surface area contributed by atoms with Crippen LogP contribution in [-0.4, -0.2) is 40.8 Å². The average Bonchev–Trinajstić information content (AvgIpc) is 2.42. The van der Waals surface area contributed by atoms with Crippen molar-refractivity contribution in [1.29, 1.82) is 0 Å². The highest BCUT2D eigenvalue weighted by Gasteiger charge is 2.18. The number of carbonyl (C=O) groups is 3. The topological polar surface area (TPSA) is 74.7 Å². The third kappa shape index (κ3) is 5.38. The number of hydrogen-bond acceptors (Lipinski definition) is 3. The van der Waals surface area contributed by atoms with Gasteiger partial charge in [-0.1, -0.05) is 26.0 Å². The standard InChI is InChI=1S/C16H21NO4/c1-11(2)10-17(9-8-15(19)20)16(21)14-6-4-13(5-7-14)12(3)18/h4-7,11H,8-10H2,1-3H3,(H,19,20). The van der Waals surface area contributed by atoms with Gasteiger partial charge in [-0.3, -0.25) is 14.4 Å². The zero-order chi connectivity index (χ0) is 16.0. The molecule has 0 saturated heterocycles. The van der Waals surface area contributed by atoms with Crippen molar-refractivity contribution in [3.8, 4) is 0 Å². The van der Waals surface area contributed by atoms with Gasteiger partial charge in [0.1, 0.15) is 0 Å². The summed E-state index contributed by atoms with van der Waals surface area (Å²) in [7, 11) is 0. The first kappa shape index (κ1) is 16.9. The lowest BCUT2D eigenvalue weighted by Gasteiger charge is -2.24. The van der Waals surface area contributed by atoms with E-state index in [1.807, 2.05) is 13.8 Å². The van der Waals surface area contributed by atoms with Crippen LogP contribution in [0.1, 0.15) is 47.9 Å². The van der Waals surface area contributed by atoms with Crippen molar-refractivity contribution in [3.05, 3.63) is 35.4 Å². The van der Waals surface area contributed by atoms with Crippen molar-refractivity contribution >= 4 is 17.7 Å². The van der Waals surface area contributed by atoms with Crippen LogP contribution < -0.4 is 0 Å². The third-order valence-electron chi connectivity index (χ3n) is 3.01. The molecule has 0 radical (unpaired) electrons. The van der Waals surface area contributed by atoms with E-state index in [0.717, 1.165) is 0 Å². The van der Waals surface area contributed by atoms with E-state index in [1.54, 1.807) is 29.2 Å². The molecule has 0 aliphatic carbocycles. The summed E-state index contributed by atoms with van der Waals surface area (Å²) in [6, 6.07) is 6.43. The summed E-state index contributed by atoms with van der Waals surface area (Å²) in [5.41, 5.74) is 1.01. The quantitative estimate of drug-likeness (QED) is 0.783. The molecule has 0 unspecified atom stereocenters. The van der Waals surface area contributed by atoms with Crippen LogP contribution >= 0.6 is 0 Å². The number of nitrogens with zero attached hydrogens (tertiary/aromatic N) is 1. The Morgan fingerprint density at radius 2 is 1.62 bits per heavy atom. The molecule has 0 atom stereocenters. The molecule has 1 rings (SSSR count). The fourth-order valence-electron chi connectivity index (χ4n) is 1.98. The van der Waals surface area contributed by atoms with Gasteiger partial charge in [-0.2, -0.15) is 0 Å². The van der Waals surface area contributed by atoms with Crippen molar-refractivity contribution < 1.29 is 19.5 Å². The van der Waals surface area contributed by atoms with Crippen LogP contribution in [0, 0.1) is 5.92 Å². The van der Waals surface area contributed by atoms with Crippen molar-refractivity contribution in [2.45, 2.75) is 27.2 Å². The van der Waals surface area contributed by atoms with Gasteiger partial charge in [0, 0.05) is 24.2 Å². The fraction of sp³-hybridized carbons (Fsp3) is 0.438. The van der Waals surface area contributed by atoms with Gasteiger partial charge in [-0.05, 0) is 25.0 Å². The molecule has 0 aliphatic rings. The first-order valence-electron chi connectivity index (χ1n) is 6.93. The Balaban J connectivity index is 2.87. The molecule has 0 fully saturated rings. The Bertz CT molecular complexity index is 520. The van der Waals surface area contributed by atoms with Gasteiger partial charge in [0.25, 0.3) is 5.91 Å². The van der Waals surface area contributed by atoms with Crippen molar-refractivity contribution in [2.24, 2.45) is 5.92 Å². The van der Waals surface area contributed by atoms with Crippen LogP contribution in [0.3, 0.4) is 0 Å². The molecule has 1 aromatic carbocycles. The molecule has 0 bridgehead atoms. The first-order chi connectivity index (χ1) is 9.81. The second-order valence-corrected chi connectivity index (χ2v) is 5.42. The molecule has 5 heteroatoms. The molecule has 0 aliphatic heterocycles. The van der Waals surface area contributed by atoms with Gasteiger partial charge >= 0.3 is 5.97 Å². The number of benzene rings is 1. The summed E-state index contributed by atoms with van der Waals surface area (Å²) in [5.74, 6) is -0.943. The predicted molar refractivity (Wildman–Crippen MR) is 79.4 cm³/mol. The lowest BCUT2D eigenvalue weighted by molar-refractivity contribution is -0.137. The van der Waals surface area contributed by atoms with Crippen LogP contribution in [0.15, 0.2) is 24.3 Å². The lowest BCUT2D eigenvalue weighted by Crippen LogP contribution is -2.36. The Labute approximate surface area is 124 Å². The maximum absolute atomic E-state index is 12.4. The highest BCUT2D eigenvalue weighted by molar-refractivity contribution is 5.97. The van der Waals surface area contributed by atoms with E-state index in [-0.39, 0.29) is 30.6 Å². The predicted octanol–water partition coefficient (Wildman–Crippen LogP) is 2.46. The summed E-state index contributed by atoms with van der Waals surface area (Å²) in [5, 5.41) is 8.77. The van der Waals surface area contributed by atoms with E-state index in [0.29, 0.717) is 17.7 Å². The molecule has 1 aromatic rings. The summed E-state index contributed by atoms with van der Waals surface area (Å²) in [6.07, 6.45) is -0.0794. The molecule has 0 spiro atoms. The number of hydrogen-bond donors (Lipinski definition) is 1. The molecule has 0 saturated carbocycles. The summed E-state index contributed by atoms with van der Waals surface area (Å²) in [4.78, 5) is 35.9. The van der Waals surface area contributed by atoms with E-state index >= 15 is 0 Å². The fourth-order valence-corrected chi connectivity index (χ4v) is 1.98. The number of carboxylic acid groups (broad SMARTS) is 1. The number of carbonyl (C=O) groups excluding carboxylic acids is 2. The molecule has 1 amide bonds. The van der Waals surface area contributed by atoms with E-state index in [9.17, 15) is 14.4 Å². The summed E-state index contributed by atoms with van der Waals surface area (Å²) < 4.78 is 0. The number of Topliss-reactive ketones (excluding diaryl/α,β-unsaturated/α-hetero) is 1. The van der Waals surface area contributed by atoms with Crippen LogP contribution in [-0.2, 0) is 4.79 Å². The van der Waals surface area contributed by atoms with Gasteiger partial charge in [-0.25, -0.2) is 0 Å². The summed E-state index contributed by atoms with van der Waals surface area (Å²) >= 11 is 0. The van der Waals surface area contributed by atoms with Crippen LogP contribution in [0.4, 0.5) is 0 Å². The van der Waals surface area contributed by atoms with Gasteiger partial charge in [0.2, 0.25) is 0 Å². The number of rotatable bonds is 7. The Morgan fingerprint density at radius 3 is 2.05 bits per heavy atom. The zero-order valence-electron chi connectivity index (χ0n) is 12.6. The van der Waals surface area contributed by atoms with Crippen molar-refractivity contribution in [3.63, 3.8) is 0 Å². The summed E-state index contributed by atoms with van der Waals surface area (Å²) in [6.45, 7) is 6.09. The maximum Gasteiger partial charge on any atom is 0.305 e. The molecular weight excluding hydrogens is 270 g/mol. The minimum Gasteiger partial charge on any atom is -0.481 e. The largest absolute Gasteiger partial charge is 0.481 e. The number of amides is 1. The number of ketones is 1. The number of aliphatic carboxylic acids is 1. The molecule has 21 heavy (non-hydrogen) atoms. The van der Waals surface area contributed by atoms with E-state index < -0.39 is 5.97 Å². The second-order valence-electron chi connectivity index (χ2n) is 5.42. The van der Waals surface area contributed by atoms with E-state index in [2.05, 4.69) is 0 Å². The third-order valence-corrected chi connectivity index (χ3v) is 3.01. The molecule has 0 heterocycles. The Kier molecular flexibility index (Phi) is 6.09. The molecular formula is C16H21NO4. The first-order valence-corrected chi connectivity index (χ1v) is 6.93. The maximum atomic E-state index is 12.4. The molecule has 0 aromatic heterocycles. The van der Waals surface area contributed by atoms with Gasteiger partial charge in [-0.15, -0.1) is 0 Å². The minimum atomic E-state index is -0.927.